The molecule has 0 radical (unpaired) electrons. The van der Waals surface area contributed by atoms with E-state index >= 15 is 0 Å². The number of benzene rings is 2. The summed E-state index contributed by atoms with van der Waals surface area (Å²) in [6.45, 7) is 6.34. The van der Waals surface area contributed by atoms with Gasteiger partial charge in [-0.25, -0.2) is 8.42 Å². The molecule has 1 aliphatic heterocycles. The topological polar surface area (TPSA) is 57.7 Å². The number of sulfonamides is 1. The fraction of sp³-hybridized carbons (Fsp3) is 0.458. The summed E-state index contributed by atoms with van der Waals surface area (Å²) in [5, 5.41) is 0. The third-order valence-electron chi connectivity index (χ3n) is 5.95. The first-order chi connectivity index (χ1) is 14.4. The summed E-state index contributed by atoms with van der Waals surface area (Å²) in [6.07, 6.45) is 2.96. The lowest BCUT2D eigenvalue weighted by Crippen LogP contribution is -2.38. The third kappa shape index (κ3) is 5.70. The second-order valence-electron chi connectivity index (χ2n) is 8.09. The van der Waals surface area contributed by atoms with E-state index in [1.165, 1.54) is 0 Å². The average molecular weight is 429 g/mol. The molecule has 0 aromatic heterocycles. The largest absolute Gasteiger partial charge is 0.339 e. The predicted octanol–water partition coefficient (Wildman–Crippen LogP) is 4.22. The minimum absolute atomic E-state index is 0.177. The molecule has 0 bridgehead atoms. The van der Waals surface area contributed by atoms with Crippen LogP contribution in [0.15, 0.2) is 59.5 Å². The zero-order valence-electron chi connectivity index (χ0n) is 18.0. The molecule has 0 unspecified atom stereocenters. The van der Waals surface area contributed by atoms with Crippen LogP contribution >= 0.6 is 0 Å². The van der Waals surface area contributed by atoms with E-state index in [9.17, 15) is 13.2 Å². The molecular weight excluding hydrogens is 396 g/mol. The van der Waals surface area contributed by atoms with Crippen LogP contribution in [0.5, 0.6) is 0 Å². The van der Waals surface area contributed by atoms with Crippen LogP contribution in [0.25, 0.3) is 0 Å². The van der Waals surface area contributed by atoms with Gasteiger partial charge in [-0.05, 0) is 56.7 Å². The first-order valence-electron chi connectivity index (χ1n) is 10.8. The Morgan fingerprint density at radius 1 is 1.03 bits per heavy atom. The Kier molecular flexibility index (Phi) is 7.67. The Bertz CT molecular complexity index is 919. The SMILES string of the molecule is CCN(Cc1ccccc1)C(=O)CCC1CCN(S(=O)(=O)c2ccc(C)cc2)CC1. The summed E-state index contributed by atoms with van der Waals surface area (Å²) in [4.78, 5) is 14.9. The van der Waals surface area contributed by atoms with Crippen LogP contribution in [-0.2, 0) is 21.4 Å². The second-order valence-corrected chi connectivity index (χ2v) is 10.0. The lowest BCUT2D eigenvalue weighted by molar-refractivity contribution is -0.132. The van der Waals surface area contributed by atoms with Crippen molar-refractivity contribution in [2.24, 2.45) is 5.92 Å². The maximum atomic E-state index is 12.8. The molecule has 6 heteroatoms. The van der Waals surface area contributed by atoms with Gasteiger partial charge in [0.2, 0.25) is 15.9 Å². The Morgan fingerprint density at radius 2 is 1.67 bits per heavy atom. The molecule has 1 heterocycles. The van der Waals surface area contributed by atoms with Gasteiger partial charge in [-0.2, -0.15) is 4.31 Å². The zero-order valence-corrected chi connectivity index (χ0v) is 18.8. The number of amides is 1. The van der Waals surface area contributed by atoms with Gasteiger partial charge in [0.1, 0.15) is 0 Å². The average Bonchev–Trinajstić information content (AvgIpc) is 2.77. The van der Waals surface area contributed by atoms with Crippen molar-refractivity contribution >= 4 is 15.9 Å². The number of hydrogen-bond donors (Lipinski definition) is 0. The molecule has 1 amide bonds. The predicted molar refractivity (Wildman–Crippen MR) is 119 cm³/mol. The third-order valence-corrected chi connectivity index (χ3v) is 7.86. The number of rotatable bonds is 8. The Hall–Kier alpha value is -2.18. The Morgan fingerprint density at radius 3 is 2.27 bits per heavy atom. The van der Waals surface area contributed by atoms with Gasteiger partial charge in [-0.15, -0.1) is 0 Å². The summed E-state index contributed by atoms with van der Waals surface area (Å²) in [5.41, 5.74) is 2.19. The van der Waals surface area contributed by atoms with Crippen molar-refractivity contribution in [3.8, 4) is 0 Å². The highest BCUT2D eigenvalue weighted by Gasteiger charge is 2.29. The molecule has 162 valence electrons. The zero-order chi connectivity index (χ0) is 21.6. The molecular formula is C24H32N2O3S. The van der Waals surface area contributed by atoms with E-state index < -0.39 is 10.0 Å². The summed E-state index contributed by atoms with van der Waals surface area (Å²) in [5.74, 6) is 0.574. The Balaban J connectivity index is 1.48. The fourth-order valence-electron chi connectivity index (χ4n) is 3.96. The molecule has 2 aromatic rings. The molecule has 3 rings (SSSR count). The van der Waals surface area contributed by atoms with Crippen LogP contribution in [-0.4, -0.2) is 43.2 Å². The van der Waals surface area contributed by atoms with E-state index in [2.05, 4.69) is 0 Å². The van der Waals surface area contributed by atoms with Crippen LogP contribution in [0, 0.1) is 12.8 Å². The van der Waals surface area contributed by atoms with E-state index in [-0.39, 0.29) is 5.91 Å². The highest BCUT2D eigenvalue weighted by Crippen LogP contribution is 2.27. The van der Waals surface area contributed by atoms with E-state index in [0.717, 1.165) is 30.4 Å². The molecule has 1 saturated heterocycles. The molecule has 2 aromatic carbocycles. The highest BCUT2D eigenvalue weighted by molar-refractivity contribution is 7.89. The summed E-state index contributed by atoms with van der Waals surface area (Å²) < 4.78 is 27.3. The fourth-order valence-corrected chi connectivity index (χ4v) is 5.43. The van der Waals surface area contributed by atoms with E-state index in [1.807, 2.05) is 61.2 Å². The number of aryl methyl sites for hydroxylation is 1. The van der Waals surface area contributed by atoms with E-state index in [0.29, 0.717) is 43.4 Å². The molecule has 1 aliphatic rings. The number of piperidine rings is 1. The first kappa shape index (κ1) is 22.5. The summed E-state index contributed by atoms with van der Waals surface area (Å²) in [7, 11) is -3.43. The van der Waals surface area contributed by atoms with Crippen molar-refractivity contribution in [1.29, 1.82) is 0 Å². The lowest BCUT2D eigenvalue weighted by Gasteiger charge is -2.31. The highest BCUT2D eigenvalue weighted by atomic mass is 32.2. The monoisotopic (exact) mass is 428 g/mol. The van der Waals surface area contributed by atoms with Crippen molar-refractivity contribution in [3.05, 3.63) is 65.7 Å². The van der Waals surface area contributed by atoms with Gasteiger partial charge in [0.15, 0.2) is 0 Å². The number of carbonyl (C=O) groups is 1. The lowest BCUT2D eigenvalue weighted by atomic mass is 9.93. The normalized spacial score (nSPS) is 15.8. The maximum absolute atomic E-state index is 12.8. The first-order valence-corrected chi connectivity index (χ1v) is 12.2. The smallest absolute Gasteiger partial charge is 0.243 e. The van der Waals surface area contributed by atoms with Crippen LogP contribution in [0.3, 0.4) is 0 Å². The van der Waals surface area contributed by atoms with Crippen LogP contribution in [0.1, 0.15) is 43.7 Å². The quantitative estimate of drug-likeness (QED) is 0.632. The molecule has 0 spiro atoms. The summed E-state index contributed by atoms with van der Waals surface area (Å²) >= 11 is 0. The van der Waals surface area contributed by atoms with Crippen LogP contribution in [0.2, 0.25) is 0 Å². The van der Waals surface area contributed by atoms with Gasteiger partial charge in [-0.3, -0.25) is 4.79 Å². The number of hydrogen-bond acceptors (Lipinski definition) is 3. The Labute approximate surface area is 180 Å². The number of nitrogens with zero attached hydrogens (tertiary/aromatic N) is 2. The second kappa shape index (κ2) is 10.2. The van der Waals surface area contributed by atoms with Gasteiger partial charge >= 0.3 is 0 Å². The van der Waals surface area contributed by atoms with Gasteiger partial charge in [0.25, 0.3) is 0 Å². The van der Waals surface area contributed by atoms with Crippen LogP contribution in [0.4, 0.5) is 0 Å². The van der Waals surface area contributed by atoms with E-state index in [4.69, 9.17) is 0 Å². The van der Waals surface area contributed by atoms with E-state index in [1.54, 1.807) is 16.4 Å². The molecule has 0 saturated carbocycles. The van der Waals surface area contributed by atoms with Gasteiger partial charge in [-0.1, -0.05) is 48.0 Å². The van der Waals surface area contributed by atoms with Crippen molar-refractivity contribution in [2.45, 2.75) is 51.0 Å². The minimum Gasteiger partial charge on any atom is -0.339 e. The molecule has 1 fully saturated rings. The molecule has 30 heavy (non-hydrogen) atoms. The number of carbonyl (C=O) groups excluding carboxylic acids is 1. The van der Waals surface area contributed by atoms with Gasteiger partial charge < -0.3 is 4.90 Å². The summed E-state index contributed by atoms with van der Waals surface area (Å²) in [6, 6.07) is 17.1. The van der Waals surface area contributed by atoms with Crippen LogP contribution < -0.4 is 0 Å². The molecule has 0 N–H and O–H groups in total. The van der Waals surface area contributed by atoms with Crippen molar-refractivity contribution in [2.75, 3.05) is 19.6 Å². The molecule has 0 atom stereocenters. The standard InChI is InChI=1S/C24H32N2O3S/c1-3-25(19-22-7-5-4-6-8-22)24(27)14-11-21-15-17-26(18-16-21)30(28,29)23-12-9-20(2)10-13-23/h4-10,12-13,21H,3,11,14-19H2,1-2H3. The van der Waals surface area contributed by atoms with Crippen molar-refractivity contribution < 1.29 is 13.2 Å². The van der Waals surface area contributed by atoms with Gasteiger partial charge in [0.05, 0.1) is 4.90 Å². The molecule has 0 aliphatic carbocycles. The minimum atomic E-state index is -3.43. The molecule has 5 nitrogen and oxygen atoms in total. The van der Waals surface area contributed by atoms with Crippen molar-refractivity contribution in [3.63, 3.8) is 0 Å². The van der Waals surface area contributed by atoms with Gasteiger partial charge in [0, 0.05) is 32.6 Å². The maximum Gasteiger partial charge on any atom is 0.243 e. The van der Waals surface area contributed by atoms with Crippen molar-refractivity contribution in [1.82, 2.24) is 9.21 Å².